The molecule has 0 aromatic heterocycles. The molecular weight excluding hydrogens is 228 g/mol. The maximum atomic E-state index is 11.4. The molecule has 0 unspecified atom stereocenters. The molecule has 0 aromatic rings. The highest BCUT2D eigenvalue weighted by molar-refractivity contribution is 5.78. The maximum absolute atomic E-state index is 11.4. The van der Waals surface area contributed by atoms with E-state index < -0.39 is 17.1 Å². The molecule has 3 nitrogen and oxygen atoms in total. The van der Waals surface area contributed by atoms with Crippen molar-refractivity contribution in [3.05, 3.63) is 11.1 Å². The van der Waals surface area contributed by atoms with Gasteiger partial charge >= 0.3 is 0 Å². The molecule has 0 aromatic carbocycles. The van der Waals surface area contributed by atoms with Crippen molar-refractivity contribution >= 4 is 6.29 Å². The van der Waals surface area contributed by atoms with Crippen LogP contribution >= 0.6 is 0 Å². The molecule has 0 saturated heterocycles. The lowest BCUT2D eigenvalue weighted by atomic mass is 9.46. The summed E-state index contributed by atoms with van der Waals surface area (Å²) < 4.78 is 0. The molecule has 0 amide bonds. The van der Waals surface area contributed by atoms with Crippen LogP contribution in [0.15, 0.2) is 11.1 Å². The fraction of sp³-hybridized carbons (Fsp3) is 0.800. The Morgan fingerprint density at radius 3 is 2.44 bits per heavy atom. The van der Waals surface area contributed by atoms with Crippen LogP contribution in [0.1, 0.15) is 53.4 Å². The summed E-state index contributed by atoms with van der Waals surface area (Å²) in [6, 6.07) is 0. The summed E-state index contributed by atoms with van der Waals surface area (Å²) in [6.07, 6.45) is 2.96. The molecule has 3 atom stereocenters. The number of carbonyl (C=O) groups excluding carboxylic acids is 1. The summed E-state index contributed by atoms with van der Waals surface area (Å²) in [5.41, 5.74) is -0.507. The van der Waals surface area contributed by atoms with Crippen molar-refractivity contribution in [2.24, 2.45) is 10.8 Å². The van der Waals surface area contributed by atoms with Crippen molar-refractivity contribution < 1.29 is 15.0 Å². The number of aliphatic hydroxyl groups is 2. The van der Waals surface area contributed by atoms with Gasteiger partial charge in [0.2, 0.25) is 0 Å². The van der Waals surface area contributed by atoms with Crippen molar-refractivity contribution in [3.8, 4) is 0 Å². The van der Waals surface area contributed by atoms with Gasteiger partial charge in [-0.05, 0) is 38.0 Å². The molecule has 0 radical (unpaired) electrons. The lowest BCUT2D eigenvalue weighted by Gasteiger charge is -2.61. The van der Waals surface area contributed by atoms with E-state index in [0.29, 0.717) is 18.4 Å². The molecule has 2 rings (SSSR count). The van der Waals surface area contributed by atoms with E-state index >= 15 is 0 Å². The van der Waals surface area contributed by atoms with Crippen molar-refractivity contribution in [1.29, 1.82) is 0 Å². The minimum Gasteiger partial charge on any atom is -0.392 e. The number of carbonyl (C=O) groups is 1. The van der Waals surface area contributed by atoms with Crippen LogP contribution in [0.25, 0.3) is 0 Å². The van der Waals surface area contributed by atoms with E-state index in [1.807, 2.05) is 27.7 Å². The zero-order valence-corrected chi connectivity index (χ0v) is 11.8. The van der Waals surface area contributed by atoms with E-state index in [4.69, 9.17) is 0 Å². The van der Waals surface area contributed by atoms with Crippen LogP contribution in [0.3, 0.4) is 0 Å². The molecular formula is C15H24O3. The maximum Gasteiger partial charge on any atom is 0.146 e. The van der Waals surface area contributed by atoms with Crippen LogP contribution in [0.4, 0.5) is 0 Å². The normalized spacial score (nSPS) is 43.6. The van der Waals surface area contributed by atoms with Crippen molar-refractivity contribution in [1.82, 2.24) is 0 Å². The second-order valence-electron chi connectivity index (χ2n) is 6.81. The SMILES string of the molecule is CC1=C(C=O)[C@@]2(C)[C@@H](O)CCC(C)(C)[C@]2(O)CC1. The van der Waals surface area contributed by atoms with Crippen LogP contribution in [-0.4, -0.2) is 28.2 Å². The zero-order valence-electron chi connectivity index (χ0n) is 11.8. The van der Waals surface area contributed by atoms with Gasteiger partial charge in [-0.25, -0.2) is 0 Å². The molecule has 18 heavy (non-hydrogen) atoms. The monoisotopic (exact) mass is 252 g/mol. The van der Waals surface area contributed by atoms with E-state index in [-0.39, 0.29) is 5.41 Å². The smallest absolute Gasteiger partial charge is 0.146 e. The Kier molecular flexibility index (Phi) is 2.99. The van der Waals surface area contributed by atoms with Gasteiger partial charge in [-0.1, -0.05) is 26.3 Å². The second kappa shape index (κ2) is 3.91. The Labute approximate surface area is 109 Å². The van der Waals surface area contributed by atoms with Crippen LogP contribution in [0.5, 0.6) is 0 Å². The summed E-state index contributed by atoms with van der Waals surface area (Å²) in [6.45, 7) is 7.87. The predicted octanol–water partition coefficient (Wildman–Crippen LogP) is 2.21. The van der Waals surface area contributed by atoms with E-state index in [1.165, 1.54) is 0 Å². The average Bonchev–Trinajstić information content (AvgIpc) is 2.30. The molecule has 2 N–H and O–H groups in total. The van der Waals surface area contributed by atoms with Gasteiger partial charge < -0.3 is 10.2 Å². The lowest BCUT2D eigenvalue weighted by Crippen LogP contribution is -2.66. The topological polar surface area (TPSA) is 57.5 Å². The van der Waals surface area contributed by atoms with Crippen LogP contribution in [0.2, 0.25) is 0 Å². The largest absolute Gasteiger partial charge is 0.392 e. The van der Waals surface area contributed by atoms with Gasteiger partial charge in [0.15, 0.2) is 0 Å². The Hall–Kier alpha value is -0.670. The third-order valence-corrected chi connectivity index (χ3v) is 5.69. The van der Waals surface area contributed by atoms with Gasteiger partial charge in [0.25, 0.3) is 0 Å². The fourth-order valence-corrected chi connectivity index (χ4v) is 4.14. The number of hydrogen-bond acceptors (Lipinski definition) is 3. The molecule has 102 valence electrons. The average molecular weight is 252 g/mol. The number of aliphatic hydroxyl groups excluding tert-OH is 1. The van der Waals surface area contributed by atoms with Crippen molar-refractivity contribution in [2.45, 2.75) is 65.1 Å². The second-order valence-corrected chi connectivity index (χ2v) is 6.81. The first kappa shape index (κ1) is 13.8. The highest BCUT2D eigenvalue weighted by Crippen LogP contribution is 2.61. The van der Waals surface area contributed by atoms with Gasteiger partial charge in [-0.2, -0.15) is 0 Å². The molecule has 1 fully saturated rings. The van der Waals surface area contributed by atoms with E-state index in [9.17, 15) is 15.0 Å². The number of hydrogen-bond donors (Lipinski definition) is 2. The summed E-state index contributed by atoms with van der Waals surface area (Å²) >= 11 is 0. The van der Waals surface area contributed by atoms with Gasteiger partial charge in [0, 0.05) is 5.57 Å². The van der Waals surface area contributed by atoms with Crippen LogP contribution in [-0.2, 0) is 4.79 Å². The standard InChI is InChI=1S/C15H24O3/c1-10-5-8-15(18)13(2,3)7-6-12(17)14(15,4)11(10)9-16/h9,12,17-18H,5-8H2,1-4H3/t12-,14-,15+/m0/s1. The molecule has 0 bridgehead atoms. The third kappa shape index (κ3) is 1.41. The summed E-state index contributed by atoms with van der Waals surface area (Å²) in [4.78, 5) is 11.4. The number of fused-ring (bicyclic) bond motifs is 1. The van der Waals surface area contributed by atoms with Crippen LogP contribution < -0.4 is 0 Å². The number of rotatable bonds is 1. The first-order valence-corrected chi connectivity index (χ1v) is 6.76. The Balaban J connectivity index is 2.66. The summed E-state index contributed by atoms with van der Waals surface area (Å²) in [5, 5.41) is 21.6. The molecule has 1 saturated carbocycles. The van der Waals surface area contributed by atoms with Gasteiger partial charge in [-0.3, -0.25) is 4.79 Å². The van der Waals surface area contributed by atoms with E-state index in [2.05, 4.69) is 0 Å². The first-order valence-electron chi connectivity index (χ1n) is 6.76. The molecule has 0 spiro atoms. The predicted molar refractivity (Wildman–Crippen MR) is 70.1 cm³/mol. The Morgan fingerprint density at radius 1 is 1.28 bits per heavy atom. The van der Waals surface area contributed by atoms with E-state index in [0.717, 1.165) is 24.7 Å². The minimum atomic E-state index is -1.01. The summed E-state index contributed by atoms with van der Waals surface area (Å²) in [5.74, 6) is 0. The van der Waals surface area contributed by atoms with Crippen LogP contribution in [0, 0.1) is 10.8 Å². The Bertz CT molecular complexity index is 410. The Morgan fingerprint density at radius 2 is 1.89 bits per heavy atom. The minimum absolute atomic E-state index is 0.282. The summed E-state index contributed by atoms with van der Waals surface area (Å²) in [7, 11) is 0. The van der Waals surface area contributed by atoms with E-state index in [1.54, 1.807) is 0 Å². The number of allylic oxidation sites excluding steroid dienone is 1. The highest BCUT2D eigenvalue weighted by Gasteiger charge is 2.64. The van der Waals surface area contributed by atoms with Crippen molar-refractivity contribution in [2.75, 3.05) is 0 Å². The highest BCUT2D eigenvalue weighted by atomic mass is 16.3. The van der Waals surface area contributed by atoms with Gasteiger partial charge in [0.05, 0.1) is 17.1 Å². The van der Waals surface area contributed by atoms with Gasteiger partial charge in [-0.15, -0.1) is 0 Å². The lowest BCUT2D eigenvalue weighted by molar-refractivity contribution is -0.217. The quantitative estimate of drug-likeness (QED) is 0.703. The third-order valence-electron chi connectivity index (χ3n) is 5.69. The number of aldehydes is 1. The molecule has 0 aliphatic heterocycles. The molecule has 2 aliphatic carbocycles. The molecule has 2 aliphatic rings. The first-order chi connectivity index (χ1) is 8.20. The molecule has 0 heterocycles. The fourth-order valence-electron chi connectivity index (χ4n) is 4.14. The van der Waals surface area contributed by atoms with Crippen molar-refractivity contribution in [3.63, 3.8) is 0 Å². The zero-order chi connectivity index (χ0) is 13.8. The molecule has 3 heteroatoms. The van der Waals surface area contributed by atoms with Gasteiger partial charge in [0.1, 0.15) is 6.29 Å².